The lowest BCUT2D eigenvalue weighted by Crippen LogP contribution is -2.59. The lowest BCUT2D eigenvalue weighted by molar-refractivity contribution is -0.190. The first-order valence-electron chi connectivity index (χ1n) is 12.9. The van der Waals surface area contributed by atoms with Crippen molar-refractivity contribution in [1.29, 1.82) is 0 Å². The van der Waals surface area contributed by atoms with Crippen LogP contribution < -0.4 is 5.32 Å². The van der Waals surface area contributed by atoms with Crippen LogP contribution in [0.4, 0.5) is 24.1 Å². The van der Waals surface area contributed by atoms with Gasteiger partial charge >= 0.3 is 6.18 Å². The van der Waals surface area contributed by atoms with Crippen LogP contribution in [0.25, 0.3) is 10.6 Å². The molecular formula is C26H28F3N7O2S2. The number of hydrogen-bond donors (Lipinski definition) is 1. The molecule has 9 nitrogen and oxygen atoms in total. The van der Waals surface area contributed by atoms with Gasteiger partial charge in [0.15, 0.2) is 5.13 Å². The van der Waals surface area contributed by atoms with E-state index in [1.165, 1.54) is 29.5 Å². The maximum absolute atomic E-state index is 14.4. The van der Waals surface area contributed by atoms with Crippen molar-refractivity contribution in [3.63, 3.8) is 0 Å². The molecule has 6 heterocycles. The second-order valence-electron chi connectivity index (χ2n) is 10.3. The Morgan fingerprint density at radius 3 is 2.73 bits per heavy atom. The van der Waals surface area contributed by atoms with E-state index in [1.54, 1.807) is 23.5 Å². The number of nitrogens with one attached hydrogen (secondary N) is 1. The molecule has 3 unspecified atom stereocenters. The first kappa shape index (κ1) is 27.2. The summed E-state index contributed by atoms with van der Waals surface area (Å²) in [4.78, 5) is 36.1. The zero-order chi connectivity index (χ0) is 28.2. The van der Waals surface area contributed by atoms with Crippen molar-refractivity contribution in [3.8, 4) is 10.6 Å². The van der Waals surface area contributed by atoms with Crippen LogP contribution in [0, 0.1) is 19.8 Å². The molecule has 6 rings (SSSR count). The average molecular weight is 592 g/mol. The first-order valence-corrected chi connectivity index (χ1v) is 14.6. The van der Waals surface area contributed by atoms with Crippen LogP contribution in [0.1, 0.15) is 33.9 Å². The number of piperazine rings is 1. The lowest BCUT2D eigenvalue weighted by Gasteiger charge is -2.43. The highest BCUT2D eigenvalue weighted by Gasteiger charge is 2.61. The van der Waals surface area contributed by atoms with E-state index in [4.69, 9.17) is 4.74 Å². The van der Waals surface area contributed by atoms with Gasteiger partial charge in [0.2, 0.25) is 0 Å². The number of amides is 1. The number of fused-ring (bicyclic) bond motifs is 4. The quantitative estimate of drug-likeness (QED) is 0.407. The van der Waals surface area contributed by atoms with Gasteiger partial charge in [0, 0.05) is 50.0 Å². The van der Waals surface area contributed by atoms with E-state index in [-0.39, 0.29) is 24.8 Å². The average Bonchev–Trinajstić information content (AvgIpc) is 3.44. The van der Waals surface area contributed by atoms with Crippen LogP contribution >= 0.6 is 22.7 Å². The zero-order valence-electron chi connectivity index (χ0n) is 22.1. The predicted molar refractivity (Wildman–Crippen MR) is 147 cm³/mol. The molecule has 2 bridgehead atoms. The number of carbonyl (C=O) groups excluding carboxylic acids is 1. The number of aliphatic imine (C=N–C) groups is 1. The van der Waals surface area contributed by atoms with Crippen molar-refractivity contribution in [3.05, 3.63) is 40.0 Å². The molecule has 5 atom stereocenters. The number of aromatic nitrogens is 3. The largest absolute Gasteiger partial charge is 0.394 e. The third kappa shape index (κ3) is 5.24. The summed E-state index contributed by atoms with van der Waals surface area (Å²) < 4.78 is 48.1. The Bertz CT molecular complexity index is 1440. The van der Waals surface area contributed by atoms with Gasteiger partial charge in [-0.2, -0.15) is 13.2 Å². The number of ether oxygens (including phenoxy) is 1. The number of nitrogens with zero attached hydrogens (tertiary/aromatic N) is 6. The van der Waals surface area contributed by atoms with E-state index in [2.05, 4.69) is 25.3 Å². The maximum Gasteiger partial charge on any atom is 0.394 e. The van der Waals surface area contributed by atoms with Crippen LogP contribution in [0.3, 0.4) is 0 Å². The molecule has 0 aromatic carbocycles. The second-order valence-corrected chi connectivity index (χ2v) is 12.4. The molecule has 0 radical (unpaired) electrons. The summed E-state index contributed by atoms with van der Waals surface area (Å²) in [5, 5.41) is 6.71. The number of halogens is 3. The molecule has 0 aliphatic carbocycles. The molecule has 3 aliphatic heterocycles. The van der Waals surface area contributed by atoms with E-state index in [0.717, 1.165) is 21.3 Å². The smallest absolute Gasteiger partial charge is 0.363 e. The van der Waals surface area contributed by atoms with Crippen molar-refractivity contribution in [2.45, 2.75) is 51.0 Å². The Kier molecular flexibility index (Phi) is 7.13. The maximum atomic E-state index is 14.4. The van der Waals surface area contributed by atoms with Gasteiger partial charge in [0.05, 0.1) is 44.8 Å². The molecule has 3 fully saturated rings. The Labute approximate surface area is 237 Å². The van der Waals surface area contributed by atoms with E-state index < -0.39 is 30.1 Å². The van der Waals surface area contributed by atoms with E-state index in [0.29, 0.717) is 36.2 Å². The lowest BCUT2D eigenvalue weighted by atomic mass is 9.90. The van der Waals surface area contributed by atoms with Crippen molar-refractivity contribution in [1.82, 2.24) is 24.8 Å². The van der Waals surface area contributed by atoms with Gasteiger partial charge in [-0.3, -0.25) is 14.7 Å². The van der Waals surface area contributed by atoms with Crippen LogP contribution in [0.15, 0.2) is 28.7 Å². The standard InChI is InChI=1S/C26H28F3N7O2S2/c1-13-23(40-14(2)32-13)19-11-39-25(33-19)34-21-5-4-15(8-30-21)24(37)36-17-6-16(31-12-38-3)7-18(26(27,28)29)22(36)20-10-35(20)9-17/h4-5,8,11,17-18,20,22H,6-7,9-10,12H2,1-3H3,(H,30,33,34)/b31-16-/t17-,18?,20+,22?,35?/m1/s1. The minimum absolute atomic E-state index is 0.000816. The summed E-state index contributed by atoms with van der Waals surface area (Å²) in [5.74, 6) is -1.64. The van der Waals surface area contributed by atoms with Crippen LogP contribution in [0.2, 0.25) is 0 Å². The van der Waals surface area contributed by atoms with Gasteiger partial charge in [0.25, 0.3) is 5.91 Å². The second kappa shape index (κ2) is 10.5. The van der Waals surface area contributed by atoms with Gasteiger partial charge in [-0.1, -0.05) is 0 Å². The molecule has 40 heavy (non-hydrogen) atoms. The molecule has 0 saturated carbocycles. The molecule has 1 N–H and O–H groups in total. The SMILES string of the molecule is COC/N=C1\CC(C(F)(F)F)C2[C@@H]3CN3C[C@@H](C1)N2C(=O)c1ccc(Nc2nc(-c3sc(C)nc3C)cs2)nc1. The first-order chi connectivity index (χ1) is 19.1. The number of alkyl halides is 3. The fraction of sp³-hybridized carbons (Fsp3) is 0.500. The summed E-state index contributed by atoms with van der Waals surface area (Å²) in [6, 6.07) is 1.60. The fourth-order valence-electron chi connectivity index (χ4n) is 5.82. The number of thiazole rings is 2. The molecule has 3 saturated heterocycles. The minimum Gasteiger partial charge on any atom is -0.363 e. The Morgan fingerprint density at radius 2 is 2.05 bits per heavy atom. The van der Waals surface area contributed by atoms with Crippen LogP contribution in [-0.2, 0) is 4.74 Å². The molecule has 3 aromatic rings. The molecule has 212 valence electrons. The van der Waals surface area contributed by atoms with E-state index in [9.17, 15) is 18.0 Å². The topological polar surface area (TPSA) is 95.6 Å². The number of hydrogen-bond acceptors (Lipinski definition) is 10. The predicted octanol–water partition coefficient (Wildman–Crippen LogP) is 4.92. The van der Waals surface area contributed by atoms with Gasteiger partial charge in [0.1, 0.15) is 12.5 Å². The molecule has 3 aromatic heterocycles. The third-order valence-electron chi connectivity index (χ3n) is 7.61. The summed E-state index contributed by atoms with van der Waals surface area (Å²) >= 11 is 3.01. The van der Waals surface area contributed by atoms with Gasteiger partial charge < -0.3 is 15.0 Å². The highest BCUT2D eigenvalue weighted by Crippen LogP contribution is 2.46. The van der Waals surface area contributed by atoms with Crippen LogP contribution in [0.5, 0.6) is 0 Å². The molecular weight excluding hydrogens is 563 g/mol. The molecule has 1 amide bonds. The highest BCUT2D eigenvalue weighted by molar-refractivity contribution is 7.16. The normalized spacial score (nSPS) is 26.9. The van der Waals surface area contributed by atoms with Gasteiger partial charge in [-0.15, -0.1) is 22.7 Å². The van der Waals surface area contributed by atoms with Gasteiger partial charge in [-0.05, 0) is 32.4 Å². The van der Waals surface area contributed by atoms with Crippen molar-refractivity contribution in [2.24, 2.45) is 10.9 Å². The van der Waals surface area contributed by atoms with E-state index >= 15 is 0 Å². The summed E-state index contributed by atoms with van der Waals surface area (Å²) in [7, 11) is 1.46. The minimum atomic E-state index is -4.47. The van der Waals surface area contributed by atoms with Crippen LogP contribution in [-0.4, -0.2) is 87.6 Å². The summed E-state index contributed by atoms with van der Waals surface area (Å²) in [5.41, 5.74) is 2.46. The Hall–Kier alpha value is -2.94. The number of pyridine rings is 1. The number of anilines is 2. The summed E-state index contributed by atoms with van der Waals surface area (Å²) in [6.45, 7) is 5.00. The molecule has 0 spiro atoms. The van der Waals surface area contributed by atoms with Crippen molar-refractivity contribution >= 4 is 45.2 Å². The Morgan fingerprint density at radius 1 is 1.23 bits per heavy atom. The Balaban J connectivity index is 1.23. The fourth-order valence-corrected chi connectivity index (χ4v) is 7.49. The summed E-state index contributed by atoms with van der Waals surface area (Å²) in [6.07, 6.45) is -2.98. The van der Waals surface area contributed by atoms with Gasteiger partial charge in [-0.25, -0.2) is 15.0 Å². The highest BCUT2D eigenvalue weighted by atomic mass is 32.1. The van der Waals surface area contributed by atoms with E-state index in [1.807, 2.05) is 24.1 Å². The number of methoxy groups -OCH3 is 1. The number of carbonyl (C=O) groups is 1. The third-order valence-corrected chi connectivity index (χ3v) is 9.46. The van der Waals surface area contributed by atoms with Crippen molar-refractivity contribution in [2.75, 3.05) is 32.2 Å². The zero-order valence-corrected chi connectivity index (χ0v) is 23.7. The molecule has 14 heteroatoms. The van der Waals surface area contributed by atoms with Crippen molar-refractivity contribution < 1.29 is 22.7 Å². The monoisotopic (exact) mass is 591 g/mol. The molecule has 3 aliphatic rings. The number of rotatable bonds is 6. The number of aryl methyl sites for hydroxylation is 2.